The third kappa shape index (κ3) is 4.97. The Balaban J connectivity index is 3.78. The number of carbonyl (C=O) groups excluding carboxylic acids is 1. The maximum Gasteiger partial charge on any atom is 0.326 e. The van der Waals surface area contributed by atoms with Gasteiger partial charge in [0, 0.05) is 6.42 Å². The first kappa shape index (κ1) is 11.2. The van der Waals surface area contributed by atoms with Gasteiger partial charge < -0.3 is 15.0 Å². The molecular weight excluding hydrogens is 182 g/mol. The van der Waals surface area contributed by atoms with Crippen molar-refractivity contribution in [3.05, 3.63) is 0 Å². The molecule has 0 radical (unpaired) electrons. The van der Waals surface area contributed by atoms with Gasteiger partial charge in [-0.2, -0.15) is 0 Å². The second-order valence-electron chi connectivity index (χ2n) is 2.24. The van der Waals surface area contributed by atoms with Crippen molar-refractivity contribution in [3.8, 4) is 0 Å². The molecule has 0 aliphatic carbocycles. The molecule has 0 aromatic rings. The van der Waals surface area contributed by atoms with Gasteiger partial charge in [0.25, 0.3) is 0 Å². The molecule has 2 atom stereocenters. The van der Waals surface area contributed by atoms with E-state index in [1.165, 1.54) is 6.26 Å². The van der Waals surface area contributed by atoms with Crippen molar-refractivity contribution in [1.82, 2.24) is 5.32 Å². The van der Waals surface area contributed by atoms with E-state index in [1.807, 2.05) is 0 Å². The van der Waals surface area contributed by atoms with Crippen LogP contribution in [0, 0.1) is 0 Å². The fourth-order valence-electron chi connectivity index (χ4n) is 0.644. The summed E-state index contributed by atoms with van der Waals surface area (Å²) in [5, 5.41) is 10.6. The van der Waals surface area contributed by atoms with E-state index in [4.69, 9.17) is 5.11 Å². The molecule has 0 aromatic heterocycles. The van der Waals surface area contributed by atoms with Crippen molar-refractivity contribution >= 4 is 23.6 Å². The summed E-state index contributed by atoms with van der Waals surface area (Å²) >= 11 is -1.03. The van der Waals surface area contributed by atoms with Gasteiger partial charge in [-0.05, 0) is 0 Å². The molecule has 0 rings (SSSR count). The Morgan fingerprint density at radius 3 is 2.75 bits per heavy atom. The minimum atomic E-state index is -1.10. The summed E-state index contributed by atoms with van der Waals surface area (Å²) in [4.78, 5) is 20.3. The van der Waals surface area contributed by atoms with E-state index in [0.717, 1.165) is 0 Å². The number of carboxylic acids is 1. The lowest BCUT2D eigenvalue weighted by molar-refractivity contribution is -0.140. The van der Waals surface area contributed by atoms with Crippen LogP contribution < -0.4 is 5.32 Å². The number of hydrogen-bond donors (Lipinski definition) is 2. The zero-order valence-corrected chi connectivity index (χ0v) is 7.47. The molecule has 1 amide bonds. The van der Waals surface area contributed by atoms with Crippen LogP contribution in [0.4, 0.5) is 0 Å². The van der Waals surface area contributed by atoms with Crippen molar-refractivity contribution in [1.29, 1.82) is 0 Å². The van der Waals surface area contributed by atoms with Gasteiger partial charge in [-0.15, -0.1) is 0 Å². The molecule has 0 bridgehead atoms. The van der Waals surface area contributed by atoms with E-state index in [9.17, 15) is 14.1 Å². The lowest BCUT2D eigenvalue weighted by Crippen LogP contribution is -2.37. The van der Waals surface area contributed by atoms with Gasteiger partial charge in [-0.3, -0.25) is 4.79 Å². The molecule has 0 spiro atoms. The molecule has 0 fully saturated rings. The van der Waals surface area contributed by atoms with Gasteiger partial charge in [-0.25, -0.2) is 4.79 Å². The van der Waals surface area contributed by atoms with E-state index in [-0.39, 0.29) is 12.2 Å². The maximum atomic E-state index is 10.6. The summed E-state index contributed by atoms with van der Waals surface area (Å²) in [7, 11) is 0. The second kappa shape index (κ2) is 5.84. The van der Waals surface area contributed by atoms with Crippen molar-refractivity contribution in [3.63, 3.8) is 0 Å². The van der Waals surface area contributed by atoms with E-state index < -0.39 is 23.2 Å². The fourth-order valence-corrected chi connectivity index (χ4v) is 1.21. The van der Waals surface area contributed by atoms with Crippen LogP contribution in [0.15, 0.2) is 0 Å². The van der Waals surface area contributed by atoms with Crippen LogP contribution >= 0.6 is 0 Å². The lowest BCUT2D eigenvalue weighted by Gasteiger charge is -2.10. The minimum absolute atomic E-state index is 0.192. The largest absolute Gasteiger partial charge is 0.617 e. The third-order valence-corrected chi connectivity index (χ3v) is 2.07. The van der Waals surface area contributed by atoms with Gasteiger partial charge in [0.15, 0.2) is 0 Å². The number of carboxylic acid groups (broad SMARTS) is 1. The molecule has 12 heavy (non-hydrogen) atoms. The zero-order chi connectivity index (χ0) is 9.56. The number of nitrogens with one attached hydrogen (secondary N) is 1. The van der Waals surface area contributed by atoms with Crippen molar-refractivity contribution < 1.29 is 19.2 Å². The van der Waals surface area contributed by atoms with Crippen LogP contribution in [0.1, 0.15) is 6.42 Å². The summed E-state index contributed by atoms with van der Waals surface area (Å²) in [5.41, 5.74) is 0. The predicted molar refractivity (Wildman–Crippen MR) is 44.2 cm³/mol. The number of amides is 1. The van der Waals surface area contributed by atoms with E-state index in [0.29, 0.717) is 6.41 Å². The quantitative estimate of drug-likeness (QED) is 0.416. The summed E-state index contributed by atoms with van der Waals surface area (Å²) in [6, 6.07) is -0.925. The smallest absolute Gasteiger partial charge is 0.326 e. The molecule has 0 aliphatic heterocycles. The van der Waals surface area contributed by atoms with Crippen LogP contribution in [0.3, 0.4) is 0 Å². The van der Waals surface area contributed by atoms with Crippen LogP contribution in [0.5, 0.6) is 0 Å². The monoisotopic (exact) mass is 193 g/mol. The number of hydrogen-bond acceptors (Lipinski definition) is 3. The van der Waals surface area contributed by atoms with E-state index >= 15 is 0 Å². The summed E-state index contributed by atoms with van der Waals surface area (Å²) in [6.07, 6.45) is 2.01. The Morgan fingerprint density at radius 2 is 2.42 bits per heavy atom. The maximum absolute atomic E-state index is 10.6. The first-order valence-corrected chi connectivity index (χ1v) is 5.03. The predicted octanol–water partition coefficient (Wildman–Crippen LogP) is -1.05. The molecule has 6 heteroatoms. The second-order valence-corrected chi connectivity index (χ2v) is 3.80. The molecule has 1 unspecified atom stereocenters. The molecule has 0 aliphatic rings. The molecule has 0 saturated carbocycles. The van der Waals surface area contributed by atoms with Crippen LogP contribution in [-0.4, -0.2) is 40.1 Å². The van der Waals surface area contributed by atoms with Crippen LogP contribution in [0.2, 0.25) is 0 Å². The van der Waals surface area contributed by atoms with E-state index in [2.05, 4.69) is 5.32 Å². The lowest BCUT2D eigenvalue weighted by atomic mass is 10.2. The first-order chi connectivity index (χ1) is 5.57. The Bertz CT molecular complexity index is 162. The highest BCUT2D eigenvalue weighted by atomic mass is 32.2. The van der Waals surface area contributed by atoms with Gasteiger partial charge >= 0.3 is 5.97 Å². The highest BCUT2D eigenvalue weighted by Gasteiger charge is 2.17. The first-order valence-electron chi connectivity index (χ1n) is 3.30. The Labute approximate surface area is 73.3 Å². The minimum Gasteiger partial charge on any atom is -0.617 e. The summed E-state index contributed by atoms with van der Waals surface area (Å²) < 4.78 is 10.6. The molecule has 70 valence electrons. The number of aliphatic carboxylic acids is 1. The fraction of sp³-hybridized carbons (Fsp3) is 0.667. The van der Waals surface area contributed by atoms with E-state index in [1.54, 1.807) is 0 Å². The Kier molecular flexibility index (Phi) is 5.48. The van der Waals surface area contributed by atoms with Gasteiger partial charge in [0.1, 0.15) is 11.8 Å². The van der Waals surface area contributed by atoms with Crippen molar-refractivity contribution in [2.24, 2.45) is 0 Å². The zero-order valence-electron chi connectivity index (χ0n) is 6.65. The standard InChI is InChI=1S/C6H11NO4S/c1-12(11)3-2-5(6(9)10)7-4-8/h4-5H,2-3H2,1H3,(H,7,8)(H,9,10)/t5-,12?/m0/s1. The average molecular weight is 193 g/mol. The van der Waals surface area contributed by atoms with Crippen molar-refractivity contribution in [2.75, 3.05) is 12.0 Å². The number of rotatable bonds is 6. The van der Waals surface area contributed by atoms with Crippen molar-refractivity contribution in [2.45, 2.75) is 12.5 Å². The molecule has 0 aromatic carbocycles. The molecular formula is C6H11NO4S. The Morgan fingerprint density at radius 1 is 1.83 bits per heavy atom. The Hall–Kier alpha value is -0.750. The van der Waals surface area contributed by atoms with Gasteiger partial charge in [0.05, 0.1) is 6.26 Å². The molecule has 0 heterocycles. The molecule has 2 N–H and O–H groups in total. The van der Waals surface area contributed by atoms with Gasteiger partial charge in [0.2, 0.25) is 6.41 Å². The molecule has 0 saturated heterocycles. The SMILES string of the molecule is C[S+]([O-])CC[C@H](NC=O)C(=O)O. The van der Waals surface area contributed by atoms with Crippen LogP contribution in [0.25, 0.3) is 0 Å². The highest BCUT2D eigenvalue weighted by Crippen LogP contribution is 1.95. The normalized spacial score (nSPS) is 14.8. The summed E-state index contributed by atoms with van der Waals surface area (Å²) in [5.74, 6) is -0.829. The van der Waals surface area contributed by atoms with Gasteiger partial charge in [-0.1, -0.05) is 11.2 Å². The summed E-state index contributed by atoms with van der Waals surface area (Å²) in [6.45, 7) is 0. The average Bonchev–Trinajstić information content (AvgIpc) is 1.96. The topological polar surface area (TPSA) is 89.5 Å². The molecule has 5 nitrogen and oxygen atoms in total. The third-order valence-electron chi connectivity index (χ3n) is 1.26. The van der Waals surface area contributed by atoms with Crippen LogP contribution in [-0.2, 0) is 20.8 Å². The number of carbonyl (C=O) groups is 2. The highest BCUT2D eigenvalue weighted by molar-refractivity contribution is 7.90.